The van der Waals surface area contributed by atoms with Gasteiger partial charge in [-0.25, -0.2) is 0 Å². The number of carbonyl (C=O) groups excluding carboxylic acids is 2. The third-order valence-corrected chi connectivity index (χ3v) is 9.13. The number of likely N-dealkylation sites (tertiary alicyclic amines) is 1. The molecule has 10 heteroatoms. The summed E-state index contributed by atoms with van der Waals surface area (Å²) in [6.45, 7) is 7.37. The van der Waals surface area contributed by atoms with E-state index >= 15 is 0 Å². The summed E-state index contributed by atoms with van der Waals surface area (Å²) < 4.78 is 18.9. The molecule has 1 amide bonds. The van der Waals surface area contributed by atoms with E-state index in [0.717, 1.165) is 52.8 Å². The maximum atomic E-state index is 13.1. The number of amides is 1. The molecule has 3 aromatic carbocycles. The standard InChI is InChI=1S/C40H50N2O8/c1-40(2,3)50-38(47)34-11-8-22-42(34)25-32-23-35(29-16-14-27(26-43)15-17-29)49-39(48-32)30-20-18-28(19-21-30)33-10-5-4-9-31(33)24-41-36(44)12-6-7-13-37(45)46/h4-5,9-10,14-21,32,34-35,39,43H,6-8,11-13,22-26H2,1-3H3,(H,41,44)(H,45,46)/t32-,34-,35+,39+/m0/s1. The minimum atomic E-state index is -0.851. The van der Waals surface area contributed by atoms with Crippen LogP contribution < -0.4 is 5.32 Å². The topological polar surface area (TPSA) is 135 Å². The molecule has 2 fully saturated rings. The summed E-state index contributed by atoms with van der Waals surface area (Å²) in [5.41, 5.74) is 5.10. The number of carboxylic acid groups (broad SMARTS) is 1. The number of hydrogen-bond donors (Lipinski definition) is 3. The van der Waals surface area contributed by atoms with Crippen molar-refractivity contribution in [3.05, 3.63) is 95.1 Å². The van der Waals surface area contributed by atoms with Crippen molar-refractivity contribution in [2.24, 2.45) is 0 Å². The van der Waals surface area contributed by atoms with Crippen molar-refractivity contribution in [3.8, 4) is 11.1 Å². The van der Waals surface area contributed by atoms with Crippen LogP contribution in [0.4, 0.5) is 0 Å². The number of carboxylic acids is 1. The number of rotatable bonds is 14. The first-order valence-corrected chi connectivity index (χ1v) is 17.6. The number of unbranched alkanes of at least 4 members (excludes halogenated alkanes) is 1. The summed E-state index contributed by atoms with van der Waals surface area (Å²) in [4.78, 5) is 38.4. The summed E-state index contributed by atoms with van der Waals surface area (Å²) in [5, 5.41) is 21.4. The van der Waals surface area contributed by atoms with Crippen LogP contribution in [0.1, 0.15) is 100 Å². The van der Waals surface area contributed by atoms with Gasteiger partial charge in [-0.3, -0.25) is 19.3 Å². The number of aliphatic carboxylic acids is 1. The number of hydrogen-bond acceptors (Lipinski definition) is 8. The van der Waals surface area contributed by atoms with Crippen molar-refractivity contribution < 1.29 is 38.8 Å². The Morgan fingerprint density at radius 3 is 2.32 bits per heavy atom. The Balaban J connectivity index is 1.29. The van der Waals surface area contributed by atoms with Crippen LogP contribution in [-0.4, -0.2) is 63.8 Å². The molecule has 50 heavy (non-hydrogen) atoms. The molecule has 0 aliphatic carbocycles. The molecule has 2 aliphatic rings. The zero-order valence-corrected chi connectivity index (χ0v) is 29.3. The average molecular weight is 687 g/mol. The number of aliphatic hydroxyl groups excluding tert-OH is 1. The quantitative estimate of drug-likeness (QED) is 0.129. The third kappa shape index (κ3) is 10.5. The summed E-state index contributed by atoms with van der Waals surface area (Å²) in [7, 11) is 0. The van der Waals surface area contributed by atoms with Gasteiger partial charge in [0, 0.05) is 37.9 Å². The molecule has 0 bridgehead atoms. The zero-order valence-electron chi connectivity index (χ0n) is 29.3. The highest BCUT2D eigenvalue weighted by atomic mass is 16.7. The van der Waals surface area contributed by atoms with Crippen molar-refractivity contribution in [2.45, 2.75) is 109 Å². The number of ether oxygens (including phenoxy) is 3. The second kappa shape index (κ2) is 17.2. The Kier molecular flexibility index (Phi) is 12.8. The van der Waals surface area contributed by atoms with Crippen LogP contribution in [0.5, 0.6) is 0 Å². The van der Waals surface area contributed by atoms with Crippen molar-refractivity contribution in [1.29, 1.82) is 0 Å². The van der Waals surface area contributed by atoms with Gasteiger partial charge in [-0.2, -0.15) is 0 Å². The van der Waals surface area contributed by atoms with Crippen LogP contribution in [0.2, 0.25) is 0 Å². The Morgan fingerprint density at radius 2 is 1.62 bits per heavy atom. The van der Waals surface area contributed by atoms with E-state index in [0.29, 0.717) is 38.8 Å². The minimum Gasteiger partial charge on any atom is -0.481 e. The molecule has 0 aromatic heterocycles. The van der Waals surface area contributed by atoms with Crippen LogP contribution in [0.3, 0.4) is 0 Å². The molecule has 0 unspecified atom stereocenters. The van der Waals surface area contributed by atoms with Gasteiger partial charge in [0.05, 0.1) is 18.8 Å². The zero-order chi connectivity index (χ0) is 35.7. The van der Waals surface area contributed by atoms with Crippen LogP contribution >= 0.6 is 0 Å². The molecule has 0 radical (unpaired) electrons. The van der Waals surface area contributed by atoms with Gasteiger partial charge in [0.2, 0.25) is 5.91 Å². The Hall–Kier alpha value is -4.09. The summed E-state index contributed by atoms with van der Waals surface area (Å²) in [6, 6.07) is 23.5. The van der Waals surface area contributed by atoms with Crippen LogP contribution in [-0.2, 0) is 41.7 Å². The van der Waals surface area contributed by atoms with Crippen LogP contribution in [0.25, 0.3) is 11.1 Å². The third-order valence-electron chi connectivity index (χ3n) is 9.13. The minimum absolute atomic E-state index is 0.0301. The van der Waals surface area contributed by atoms with E-state index in [-0.39, 0.29) is 43.2 Å². The molecule has 2 heterocycles. The lowest BCUT2D eigenvalue weighted by Crippen LogP contribution is -2.45. The second-order valence-corrected chi connectivity index (χ2v) is 14.2. The molecule has 268 valence electrons. The number of esters is 1. The van der Waals surface area contributed by atoms with Gasteiger partial charge < -0.3 is 29.7 Å². The highest BCUT2D eigenvalue weighted by molar-refractivity contribution is 5.77. The lowest BCUT2D eigenvalue weighted by molar-refractivity contribution is -0.253. The van der Waals surface area contributed by atoms with Gasteiger partial charge in [-0.15, -0.1) is 0 Å². The molecule has 0 spiro atoms. The molecule has 10 nitrogen and oxygen atoms in total. The molecule has 3 aromatic rings. The van der Waals surface area contributed by atoms with E-state index in [1.54, 1.807) is 0 Å². The second-order valence-electron chi connectivity index (χ2n) is 14.2. The predicted octanol–water partition coefficient (Wildman–Crippen LogP) is 6.46. The maximum Gasteiger partial charge on any atom is 0.323 e. The smallest absolute Gasteiger partial charge is 0.323 e. The fourth-order valence-corrected chi connectivity index (χ4v) is 6.60. The summed E-state index contributed by atoms with van der Waals surface area (Å²) >= 11 is 0. The van der Waals surface area contributed by atoms with E-state index in [2.05, 4.69) is 10.2 Å². The number of aliphatic hydroxyl groups is 1. The monoisotopic (exact) mass is 686 g/mol. The molecule has 4 atom stereocenters. The summed E-state index contributed by atoms with van der Waals surface area (Å²) in [5.74, 6) is -1.15. The van der Waals surface area contributed by atoms with Gasteiger partial charge in [-0.05, 0) is 80.8 Å². The highest BCUT2D eigenvalue weighted by Crippen LogP contribution is 2.39. The van der Waals surface area contributed by atoms with Gasteiger partial charge >= 0.3 is 11.9 Å². The van der Waals surface area contributed by atoms with Crippen molar-refractivity contribution in [3.63, 3.8) is 0 Å². The maximum absolute atomic E-state index is 13.1. The first-order chi connectivity index (χ1) is 24.0. The largest absolute Gasteiger partial charge is 0.481 e. The van der Waals surface area contributed by atoms with Gasteiger partial charge in [0.1, 0.15) is 11.6 Å². The molecule has 5 rings (SSSR count). The van der Waals surface area contributed by atoms with E-state index in [4.69, 9.17) is 19.3 Å². The fraction of sp³-hybridized carbons (Fsp3) is 0.475. The van der Waals surface area contributed by atoms with Gasteiger partial charge in [-0.1, -0.05) is 72.8 Å². The molecule has 2 aliphatic heterocycles. The van der Waals surface area contributed by atoms with Gasteiger partial charge in [0.25, 0.3) is 0 Å². The Morgan fingerprint density at radius 1 is 0.920 bits per heavy atom. The molecular formula is C40H50N2O8. The highest BCUT2D eigenvalue weighted by Gasteiger charge is 2.39. The van der Waals surface area contributed by atoms with Crippen molar-refractivity contribution in [2.75, 3.05) is 13.1 Å². The van der Waals surface area contributed by atoms with Crippen molar-refractivity contribution in [1.82, 2.24) is 10.2 Å². The Bertz CT molecular complexity index is 1580. The molecule has 2 saturated heterocycles. The van der Waals surface area contributed by atoms with Gasteiger partial charge in [0.15, 0.2) is 6.29 Å². The SMILES string of the molecule is CC(C)(C)OC(=O)[C@@H]1CCCN1C[C@@H]1C[C@H](c2ccc(CO)cc2)O[C@H](c2ccc(-c3ccccc3CNC(=O)CCCCC(=O)O)cc2)O1. The molecular weight excluding hydrogens is 636 g/mol. The summed E-state index contributed by atoms with van der Waals surface area (Å²) in [6.07, 6.45) is 2.57. The lowest BCUT2D eigenvalue weighted by Gasteiger charge is -2.38. The lowest BCUT2D eigenvalue weighted by atomic mass is 9.97. The first kappa shape index (κ1) is 37.2. The van der Waals surface area contributed by atoms with E-state index < -0.39 is 17.9 Å². The Labute approximate surface area is 294 Å². The number of carbonyl (C=O) groups is 3. The normalized spacial score (nSPS) is 21.1. The first-order valence-electron chi connectivity index (χ1n) is 17.6. The van der Waals surface area contributed by atoms with E-state index in [9.17, 15) is 19.5 Å². The van der Waals surface area contributed by atoms with E-state index in [1.807, 2.05) is 93.6 Å². The average Bonchev–Trinajstić information content (AvgIpc) is 3.57. The van der Waals surface area contributed by atoms with E-state index in [1.165, 1.54) is 0 Å². The number of nitrogens with zero attached hydrogens (tertiary/aromatic N) is 1. The number of nitrogens with one attached hydrogen (secondary N) is 1. The van der Waals surface area contributed by atoms with Crippen LogP contribution in [0, 0.1) is 0 Å². The number of benzene rings is 3. The molecule has 3 N–H and O–H groups in total. The van der Waals surface area contributed by atoms with Crippen LogP contribution in [0.15, 0.2) is 72.8 Å². The van der Waals surface area contributed by atoms with Crippen molar-refractivity contribution >= 4 is 17.8 Å². The fourth-order valence-electron chi connectivity index (χ4n) is 6.60. The predicted molar refractivity (Wildman–Crippen MR) is 189 cm³/mol. The molecule has 0 saturated carbocycles.